The summed E-state index contributed by atoms with van der Waals surface area (Å²) in [5.74, 6) is 0.556. The molecule has 0 heterocycles. The molecule has 0 spiro atoms. The van der Waals surface area contributed by atoms with Gasteiger partial charge in [-0.25, -0.2) is 0 Å². The third kappa shape index (κ3) is 7.23. The number of benzene rings is 2. The van der Waals surface area contributed by atoms with Crippen LogP contribution in [0.1, 0.15) is 47.7 Å². The smallest absolute Gasteiger partial charge is 0.262 e. The second kappa shape index (κ2) is 11.2. The number of nitrogens with one attached hydrogen (secondary N) is 2. The minimum Gasteiger partial charge on any atom is -0.483 e. The summed E-state index contributed by atoms with van der Waals surface area (Å²) in [7, 11) is 1.63. The van der Waals surface area contributed by atoms with E-state index in [2.05, 4.69) is 24.5 Å². The lowest BCUT2D eigenvalue weighted by molar-refractivity contribution is -0.118. The molecule has 0 aliphatic carbocycles. The second-order valence-corrected chi connectivity index (χ2v) is 7.22. The Morgan fingerprint density at radius 1 is 1.10 bits per heavy atom. The molecule has 6 heteroatoms. The molecule has 0 saturated heterocycles. The maximum absolute atomic E-state index is 12.3. The van der Waals surface area contributed by atoms with E-state index in [0.717, 1.165) is 23.3 Å². The Kier molecular flexibility index (Phi) is 8.68. The van der Waals surface area contributed by atoms with Crippen LogP contribution in [0.4, 0.5) is 5.69 Å². The number of carbonyl (C=O) groups is 2. The zero-order chi connectivity index (χ0) is 21.2. The van der Waals surface area contributed by atoms with Gasteiger partial charge < -0.3 is 20.1 Å². The molecule has 2 aromatic carbocycles. The molecule has 29 heavy (non-hydrogen) atoms. The number of carbonyl (C=O) groups excluding carboxylic acids is 2. The van der Waals surface area contributed by atoms with E-state index < -0.39 is 0 Å². The van der Waals surface area contributed by atoms with Crippen LogP contribution in [-0.2, 0) is 9.53 Å². The number of hydrogen-bond donors (Lipinski definition) is 2. The maximum Gasteiger partial charge on any atom is 0.262 e. The topological polar surface area (TPSA) is 76.7 Å². The van der Waals surface area contributed by atoms with Crippen molar-refractivity contribution in [2.45, 2.75) is 33.1 Å². The summed E-state index contributed by atoms with van der Waals surface area (Å²) < 4.78 is 10.7. The van der Waals surface area contributed by atoms with Gasteiger partial charge in [0, 0.05) is 31.5 Å². The van der Waals surface area contributed by atoms with Gasteiger partial charge in [0.05, 0.1) is 0 Å². The zero-order valence-electron chi connectivity index (χ0n) is 17.6. The average Bonchev–Trinajstić information content (AvgIpc) is 2.69. The van der Waals surface area contributed by atoms with Gasteiger partial charge >= 0.3 is 0 Å². The van der Waals surface area contributed by atoms with Crippen molar-refractivity contribution in [2.75, 3.05) is 32.2 Å². The van der Waals surface area contributed by atoms with E-state index in [4.69, 9.17) is 9.47 Å². The van der Waals surface area contributed by atoms with E-state index in [0.29, 0.717) is 30.3 Å². The van der Waals surface area contributed by atoms with Gasteiger partial charge in [-0.1, -0.05) is 32.0 Å². The van der Waals surface area contributed by atoms with Crippen molar-refractivity contribution < 1.29 is 19.1 Å². The number of hydrogen-bond acceptors (Lipinski definition) is 4. The van der Waals surface area contributed by atoms with Crippen LogP contribution < -0.4 is 15.4 Å². The average molecular weight is 399 g/mol. The molecule has 0 aliphatic rings. The van der Waals surface area contributed by atoms with E-state index in [9.17, 15) is 9.59 Å². The summed E-state index contributed by atoms with van der Waals surface area (Å²) in [5.41, 5.74) is 3.18. The van der Waals surface area contributed by atoms with Gasteiger partial charge in [0.15, 0.2) is 6.61 Å². The lowest BCUT2D eigenvalue weighted by Gasteiger charge is -2.15. The third-order valence-corrected chi connectivity index (χ3v) is 4.37. The van der Waals surface area contributed by atoms with Gasteiger partial charge in [-0.2, -0.15) is 0 Å². The van der Waals surface area contributed by atoms with Gasteiger partial charge in [0.1, 0.15) is 5.75 Å². The molecule has 0 unspecified atom stereocenters. The number of aryl methyl sites for hydroxylation is 1. The second-order valence-electron chi connectivity index (χ2n) is 7.22. The summed E-state index contributed by atoms with van der Waals surface area (Å²) in [6.45, 7) is 7.19. The highest BCUT2D eigenvalue weighted by molar-refractivity contribution is 5.97. The van der Waals surface area contributed by atoms with Crippen LogP contribution >= 0.6 is 0 Å². The fourth-order valence-electron chi connectivity index (χ4n) is 2.84. The molecule has 0 fully saturated rings. The summed E-state index contributed by atoms with van der Waals surface area (Å²) in [5, 5.41) is 5.61. The molecular formula is C23H30N2O4. The van der Waals surface area contributed by atoms with Crippen molar-refractivity contribution in [3.8, 4) is 5.75 Å². The van der Waals surface area contributed by atoms with Crippen molar-refractivity contribution >= 4 is 17.5 Å². The molecule has 0 aromatic heterocycles. The van der Waals surface area contributed by atoms with Crippen molar-refractivity contribution in [3.63, 3.8) is 0 Å². The van der Waals surface area contributed by atoms with Gasteiger partial charge in [-0.15, -0.1) is 0 Å². The first-order chi connectivity index (χ1) is 13.9. The van der Waals surface area contributed by atoms with E-state index in [-0.39, 0.29) is 18.4 Å². The zero-order valence-corrected chi connectivity index (χ0v) is 17.6. The summed E-state index contributed by atoms with van der Waals surface area (Å²) in [4.78, 5) is 24.5. The van der Waals surface area contributed by atoms with Crippen LogP contribution in [0.5, 0.6) is 5.75 Å². The normalized spacial score (nSPS) is 10.7. The van der Waals surface area contributed by atoms with Gasteiger partial charge in [-0.3, -0.25) is 9.59 Å². The standard InChI is InChI=1S/C23H30N2O4/c1-16(2)20-10-9-17(3)13-21(20)29-15-22(26)25-19-8-5-7-18(14-19)23(27)24-11-6-12-28-4/h5,7-10,13-14,16H,6,11-12,15H2,1-4H3,(H,24,27)(H,25,26). The summed E-state index contributed by atoms with van der Waals surface area (Å²) in [6.07, 6.45) is 0.743. The van der Waals surface area contributed by atoms with E-state index in [1.165, 1.54) is 0 Å². The van der Waals surface area contributed by atoms with Crippen LogP contribution in [-0.4, -0.2) is 38.7 Å². The first-order valence-corrected chi connectivity index (χ1v) is 9.81. The van der Waals surface area contributed by atoms with E-state index in [1.807, 2.05) is 25.1 Å². The SMILES string of the molecule is COCCCNC(=O)c1cccc(NC(=O)COc2cc(C)ccc2C(C)C)c1. The summed E-state index contributed by atoms with van der Waals surface area (Å²) in [6, 6.07) is 12.8. The maximum atomic E-state index is 12.3. The molecule has 2 N–H and O–H groups in total. The highest BCUT2D eigenvalue weighted by Crippen LogP contribution is 2.27. The van der Waals surface area contributed by atoms with Gasteiger partial charge in [-0.05, 0) is 54.7 Å². The minimum absolute atomic E-state index is 0.101. The highest BCUT2D eigenvalue weighted by atomic mass is 16.5. The van der Waals surface area contributed by atoms with Crippen molar-refractivity contribution in [1.82, 2.24) is 5.32 Å². The third-order valence-electron chi connectivity index (χ3n) is 4.37. The Morgan fingerprint density at radius 2 is 1.90 bits per heavy atom. The predicted octanol–water partition coefficient (Wildman–Crippen LogP) is 3.90. The summed E-state index contributed by atoms with van der Waals surface area (Å²) >= 11 is 0. The molecular weight excluding hydrogens is 368 g/mol. The molecule has 2 amide bonds. The van der Waals surface area contributed by atoms with E-state index in [1.54, 1.807) is 31.4 Å². The monoisotopic (exact) mass is 398 g/mol. The predicted molar refractivity (Wildman–Crippen MR) is 115 cm³/mol. The van der Waals surface area contributed by atoms with Gasteiger partial charge in [0.25, 0.3) is 11.8 Å². The van der Waals surface area contributed by atoms with Crippen LogP contribution in [0.2, 0.25) is 0 Å². The highest BCUT2D eigenvalue weighted by Gasteiger charge is 2.11. The molecule has 2 rings (SSSR count). The molecule has 0 atom stereocenters. The van der Waals surface area contributed by atoms with Crippen molar-refractivity contribution in [2.24, 2.45) is 0 Å². The number of amides is 2. The van der Waals surface area contributed by atoms with Crippen LogP contribution in [0, 0.1) is 6.92 Å². The molecule has 0 bridgehead atoms. The number of anilines is 1. The van der Waals surface area contributed by atoms with Crippen LogP contribution in [0.15, 0.2) is 42.5 Å². The Labute approximate surface area is 172 Å². The largest absolute Gasteiger partial charge is 0.483 e. The Balaban J connectivity index is 1.93. The quantitative estimate of drug-likeness (QED) is 0.595. The Bertz CT molecular complexity index is 833. The van der Waals surface area contributed by atoms with Crippen molar-refractivity contribution in [1.29, 1.82) is 0 Å². The number of methoxy groups -OCH3 is 1. The molecule has 2 aromatic rings. The van der Waals surface area contributed by atoms with Gasteiger partial charge in [0.2, 0.25) is 0 Å². The Hall–Kier alpha value is -2.86. The fraction of sp³-hybridized carbons (Fsp3) is 0.391. The minimum atomic E-state index is -0.279. The lowest BCUT2D eigenvalue weighted by Crippen LogP contribution is -2.25. The molecule has 6 nitrogen and oxygen atoms in total. The van der Waals surface area contributed by atoms with Crippen LogP contribution in [0.3, 0.4) is 0 Å². The molecule has 0 radical (unpaired) electrons. The first kappa shape index (κ1) is 22.4. The Morgan fingerprint density at radius 3 is 2.62 bits per heavy atom. The molecule has 0 saturated carbocycles. The molecule has 156 valence electrons. The van der Waals surface area contributed by atoms with E-state index >= 15 is 0 Å². The fourth-order valence-corrected chi connectivity index (χ4v) is 2.84. The lowest BCUT2D eigenvalue weighted by atomic mass is 10.0. The number of rotatable bonds is 10. The van der Waals surface area contributed by atoms with Crippen LogP contribution in [0.25, 0.3) is 0 Å². The molecule has 0 aliphatic heterocycles. The number of ether oxygens (including phenoxy) is 2. The first-order valence-electron chi connectivity index (χ1n) is 9.81. The van der Waals surface area contributed by atoms with Crippen molar-refractivity contribution in [3.05, 3.63) is 59.2 Å².